The molecule has 0 aliphatic rings. The van der Waals surface area contributed by atoms with Gasteiger partial charge in [-0.05, 0) is 43.9 Å². The third kappa shape index (κ3) is 3.81. The van der Waals surface area contributed by atoms with Crippen molar-refractivity contribution in [2.24, 2.45) is 5.92 Å². The molecule has 0 bridgehead atoms. The van der Waals surface area contributed by atoms with Crippen molar-refractivity contribution in [3.05, 3.63) is 36.8 Å². The average Bonchev–Trinajstić information content (AvgIpc) is 2.91. The molecule has 1 N–H and O–H groups in total. The molecule has 0 radical (unpaired) electrons. The maximum absolute atomic E-state index is 4.41. The molecule has 2 aromatic rings. The minimum Gasteiger partial charge on any atom is -0.380 e. The second-order valence-electron chi connectivity index (χ2n) is 5.34. The van der Waals surface area contributed by atoms with Crippen LogP contribution in [0.3, 0.4) is 0 Å². The first-order valence-corrected chi connectivity index (χ1v) is 6.88. The van der Waals surface area contributed by atoms with E-state index in [0.29, 0.717) is 6.04 Å². The van der Waals surface area contributed by atoms with Gasteiger partial charge < -0.3 is 5.32 Å². The Labute approximate surface area is 114 Å². The van der Waals surface area contributed by atoms with Crippen LogP contribution in [0.25, 0.3) is 5.82 Å². The third-order valence-electron chi connectivity index (χ3n) is 3.09. The van der Waals surface area contributed by atoms with Crippen LogP contribution in [0.4, 0.5) is 5.69 Å². The molecule has 1 unspecified atom stereocenters. The van der Waals surface area contributed by atoms with Crippen LogP contribution in [-0.2, 0) is 0 Å². The first-order chi connectivity index (χ1) is 9.16. The molecule has 0 amide bonds. The van der Waals surface area contributed by atoms with Crippen molar-refractivity contribution in [2.45, 2.75) is 39.7 Å². The molecule has 2 heterocycles. The van der Waals surface area contributed by atoms with Gasteiger partial charge in [0.2, 0.25) is 0 Å². The van der Waals surface area contributed by atoms with Crippen molar-refractivity contribution < 1.29 is 0 Å². The topological polar surface area (TPSA) is 42.7 Å². The van der Waals surface area contributed by atoms with Crippen molar-refractivity contribution in [3.8, 4) is 5.82 Å². The van der Waals surface area contributed by atoms with Gasteiger partial charge in [0, 0.05) is 24.6 Å². The van der Waals surface area contributed by atoms with E-state index in [-0.39, 0.29) is 0 Å². The second-order valence-corrected chi connectivity index (χ2v) is 5.34. The maximum Gasteiger partial charge on any atom is 0.176 e. The second kappa shape index (κ2) is 6.36. The normalized spacial score (nSPS) is 12.6. The summed E-state index contributed by atoms with van der Waals surface area (Å²) in [6.07, 6.45) is 7.85. The van der Waals surface area contributed by atoms with Gasteiger partial charge in [0.05, 0.1) is 5.69 Å². The Morgan fingerprint density at radius 1 is 1.16 bits per heavy atom. The zero-order valence-electron chi connectivity index (χ0n) is 11.9. The molecule has 2 rings (SSSR count). The lowest BCUT2D eigenvalue weighted by molar-refractivity contribution is 0.527. The fraction of sp³-hybridized carbons (Fsp3) is 0.467. The molecule has 0 aromatic carbocycles. The van der Waals surface area contributed by atoms with Crippen molar-refractivity contribution in [1.82, 2.24) is 14.8 Å². The number of rotatable bonds is 6. The van der Waals surface area contributed by atoms with E-state index in [1.807, 2.05) is 18.3 Å². The molecule has 102 valence electrons. The molecule has 0 fully saturated rings. The Morgan fingerprint density at radius 3 is 2.68 bits per heavy atom. The van der Waals surface area contributed by atoms with Gasteiger partial charge in [0.1, 0.15) is 0 Å². The minimum atomic E-state index is 0.431. The molecule has 4 heteroatoms. The highest BCUT2D eigenvalue weighted by atomic mass is 15.3. The summed E-state index contributed by atoms with van der Waals surface area (Å²) < 4.78 is 1.79. The molecule has 1 atom stereocenters. The van der Waals surface area contributed by atoms with Gasteiger partial charge in [-0.15, -0.1) is 0 Å². The molecule has 4 nitrogen and oxygen atoms in total. The Kier molecular flexibility index (Phi) is 4.55. The van der Waals surface area contributed by atoms with Crippen molar-refractivity contribution in [1.29, 1.82) is 0 Å². The molecule has 0 saturated heterocycles. The predicted octanol–water partition coefficient (Wildman–Crippen LogP) is 3.50. The molecule has 0 aliphatic heterocycles. The lowest BCUT2D eigenvalue weighted by atomic mass is 10.0. The van der Waals surface area contributed by atoms with Crippen LogP contribution >= 0.6 is 0 Å². The summed E-state index contributed by atoms with van der Waals surface area (Å²) in [7, 11) is 0. The first-order valence-electron chi connectivity index (χ1n) is 6.88. The summed E-state index contributed by atoms with van der Waals surface area (Å²) in [6.45, 7) is 6.72. The SMILES string of the molecule is CC(C)CCC(C)Nc1cccnc1-n1cccn1. The monoisotopic (exact) mass is 258 g/mol. The number of nitrogens with zero attached hydrogens (tertiary/aromatic N) is 3. The summed E-state index contributed by atoms with van der Waals surface area (Å²) in [5, 5.41) is 7.77. The zero-order valence-corrected chi connectivity index (χ0v) is 11.9. The summed E-state index contributed by atoms with van der Waals surface area (Å²) >= 11 is 0. The smallest absolute Gasteiger partial charge is 0.176 e. The van der Waals surface area contributed by atoms with Crippen molar-refractivity contribution in [2.75, 3.05) is 5.32 Å². The van der Waals surface area contributed by atoms with E-state index in [9.17, 15) is 0 Å². The molecule has 0 saturated carbocycles. The number of anilines is 1. The fourth-order valence-electron chi connectivity index (χ4n) is 2.01. The number of hydrogen-bond donors (Lipinski definition) is 1. The van der Waals surface area contributed by atoms with Gasteiger partial charge in [0.25, 0.3) is 0 Å². The van der Waals surface area contributed by atoms with Crippen molar-refractivity contribution >= 4 is 5.69 Å². The standard InChI is InChI=1S/C15H22N4/c1-12(2)7-8-13(3)18-14-6-4-9-16-15(14)19-11-5-10-17-19/h4-6,9-13,18H,7-8H2,1-3H3. The lowest BCUT2D eigenvalue weighted by Crippen LogP contribution is -2.17. The van der Waals surface area contributed by atoms with E-state index in [0.717, 1.165) is 23.8 Å². The summed E-state index contributed by atoms with van der Waals surface area (Å²) in [5.41, 5.74) is 1.03. The van der Waals surface area contributed by atoms with Crippen LogP contribution < -0.4 is 5.32 Å². The minimum absolute atomic E-state index is 0.431. The molecular weight excluding hydrogens is 236 g/mol. The van der Waals surface area contributed by atoms with Gasteiger partial charge in [-0.1, -0.05) is 13.8 Å². The van der Waals surface area contributed by atoms with Gasteiger partial charge in [0.15, 0.2) is 5.82 Å². The highest BCUT2D eigenvalue weighted by Gasteiger charge is 2.09. The molecular formula is C15H22N4. The fourth-order valence-corrected chi connectivity index (χ4v) is 2.01. The van der Waals surface area contributed by atoms with Crippen LogP contribution in [0.5, 0.6) is 0 Å². The van der Waals surface area contributed by atoms with Gasteiger partial charge >= 0.3 is 0 Å². The van der Waals surface area contributed by atoms with E-state index in [4.69, 9.17) is 0 Å². The van der Waals surface area contributed by atoms with Crippen LogP contribution in [0.1, 0.15) is 33.6 Å². The van der Waals surface area contributed by atoms with E-state index in [1.165, 1.54) is 6.42 Å². The molecule has 0 aliphatic carbocycles. The molecule has 0 spiro atoms. The Morgan fingerprint density at radius 2 is 2.00 bits per heavy atom. The van der Waals surface area contributed by atoms with E-state index >= 15 is 0 Å². The van der Waals surface area contributed by atoms with Crippen LogP contribution in [-0.4, -0.2) is 20.8 Å². The van der Waals surface area contributed by atoms with Crippen molar-refractivity contribution in [3.63, 3.8) is 0 Å². The highest BCUT2D eigenvalue weighted by Crippen LogP contribution is 2.19. The van der Waals surface area contributed by atoms with Crippen LogP contribution in [0.15, 0.2) is 36.8 Å². The lowest BCUT2D eigenvalue weighted by Gasteiger charge is -2.18. The Hall–Kier alpha value is -1.84. The van der Waals surface area contributed by atoms with Gasteiger partial charge in [-0.2, -0.15) is 5.10 Å². The number of nitrogens with one attached hydrogen (secondary N) is 1. The highest BCUT2D eigenvalue weighted by molar-refractivity contribution is 5.56. The Bertz CT molecular complexity index is 491. The first kappa shape index (κ1) is 13.6. The van der Waals surface area contributed by atoms with Gasteiger partial charge in [-0.3, -0.25) is 0 Å². The van der Waals surface area contributed by atoms with Gasteiger partial charge in [-0.25, -0.2) is 9.67 Å². The Balaban J connectivity index is 2.08. The van der Waals surface area contributed by atoms with E-state index in [1.54, 1.807) is 17.1 Å². The maximum atomic E-state index is 4.41. The molecule has 2 aromatic heterocycles. The van der Waals surface area contributed by atoms with E-state index < -0.39 is 0 Å². The molecule has 19 heavy (non-hydrogen) atoms. The van der Waals surface area contributed by atoms with E-state index in [2.05, 4.69) is 42.2 Å². The number of pyridine rings is 1. The average molecular weight is 258 g/mol. The summed E-state index contributed by atoms with van der Waals surface area (Å²) in [6, 6.07) is 6.34. The van der Waals surface area contributed by atoms with Crippen LogP contribution in [0.2, 0.25) is 0 Å². The number of hydrogen-bond acceptors (Lipinski definition) is 3. The third-order valence-corrected chi connectivity index (χ3v) is 3.09. The van der Waals surface area contributed by atoms with Crippen LogP contribution in [0, 0.1) is 5.92 Å². The largest absolute Gasteiger partial charge is 0.380 e. The predicted molar refractivity (Wildman–Crippen MR) is 78.5 cm³/mol. The number of aromatic nitrogens is 3. The summed E-state index contributed by atoms with van der Waals surface area (Å²) in [5.74, 6) is 1.59. The summed E-state index contributed by atoms with van der Waals surface area (Å²) in [4.78, 5) is 4.41. The quantitative estimate of drug-likeness (QED) is 0.862. The zero-order chi connectivity index (χ0) is 13.7.